The number of hydrogen-bond acceptors (Lipinski definition) is 4. The van der Waals surface area contributed by atoms with E-state index in [0.717, 1.165) is 30.1 Å². The largest absolute Gasteiger partial charge is 0.378 e. The van der Waals surface area contributed by atoms with Crippen LogP contribution in [0.5, 0.6) is 0 Å². The lowest BCUT2D eigenvalue weighted by Crippen LogP contribution is -2.65. The number of ether oxygens (including phenoxy) is 1. The van der Waals surface area contributed by atoms with E-state index in [1.54, 1.807) is 0 Å². The first-order valence-corrected chi connectivity index (χ1v) is 9.61. The summed E-state index contributed by atoms with van der Waals surface area (Å²) in [7, 11) is 2.08. The molecule has 0 radical (unpaired) electrons. The Labute approximate surface area is 150 Å². The first-order valence-electron chi connectivity index (χ1n) is 9.61. The number of aryl methyl sites for hydroxylation is 2. The van der Waals surface area contributed by atoms with Gasteiger partial charge in [-0.2, -0.15) is 5.10 Å². The van der Waals surface area contributed by atoms with Gasteiger partial charge in [0.15, 0.2) is 0 Å². The number of rotatable bonds is 6. The van der Waals surface area contributed by atoms with Crippen molar-refractivity contribution in [1.82, 2.24) is 15.1 Å². The fraction of sp³-hybridized carbons (Fsp3) is 0.789. The Bertz CT molecular complexity index is 587. The summed E-state index contributed by atoms with van der Waals surface area (Å²) in [5.74, 6) is 0.0286. The summed E-state index contributed by atoms with van der Waals surface area (Å²) < 4.78 is 6.03. The van der Waals surface area contributed by atoms with Gasteiger partial charge >= 0.3 is 0 Å². The van der Waals surface area contributed by atoms with Crippen LogP contribution in [0, 0.1) is 19.3 Å². The molecule has 25 heavy (non-hydrogen) atoms. The van der Waals surface area contributed by atoms with Gasteiger partial charge in [-0.3, -0.25) is 14.8 Å². The fourth-order valence-corrected chi connectivity index (χ4v) is 4.90. The average Bonchev–Trinajstić information content (AvgIpc) is 2.90. The highest BCUT2D eigenvalue weighted by atomic mass is 16.5. The first kappa shape index (κ1) is 18.4. The topological polar surface area (TPSA) is 70.2 Å². The number of amides is 1. The molecule has 0 bridgehead atoms. The molecule has 3 rings (SSSR count). The molecule has 2 aliphatic carbocycles. The van der Waals surface area contributed by atoms with Crippen LogP contribution >= 0.6 is 0 Å². The molecule has 1 spiro atoms. The SMILES string of the molecule is CCO[C@H]1C[C@@H](N(C)CC(=O)Nc2c(C)n[nH]c2C)C12CCCCC2. The molecule has 0 unspecified atom stereocenters. The second-order valence-electron chi connectivity index (χ2n) is 7.76. The number of likely N-dealkylation sites (N-methyl/N-ethyl adjacent to an activating group) is 1. The van der Waals surface area contributed by atoms with E-state index in [9.17, 15) is 4.79 Å². The van der Waals surface area contributed by atoms with Gasteiger partial charge in [-0.25, -0.2) is 0 Å². The van der Waals surface area contributed by atoms with E-state index < -0.39 is 0 Å². The minimum absolute atomic E-state index is 0.0286. The second-order valence-corrected chi connectivity index (χ2v) is 7.76. The summed E-state index contributed by atoms with van der Waals surface area (Å²) >= 11 is 0. The summed E-state index contributed by atoms with van der Waals surface area (Å²) in [5, 5.41) is 10.1. The summed E-state index contributed by atoms with van der Waals surface area (Å²) in [6.07, 6.45) is 7.77. The van der Waals surface area contributed by atoms with Crippen molar-refractivity contribution in [2.24, 2.45) is 5.41 Å². The number of nitrogens with one attached hydrogen (secondary N) is 2. The molecule has 1 heterocycles. The highest BCUT2D eigenvalue weighted by Crippen LogP contribution is 2.55. The molecule has 2 atom stereocenters. The molecule has 6 nitrogen and oxygen atoms in total. The van der Waals surface area contributed by atoms with E-state index in [1.165, 1.54) is 32.1 Å². The lowest BCUT2D eigenvalue weighted by molar-refractivity contribution is -0.179. The Morgan fingerprint density at radius 1 is 1.36 bits per heavy atom. The zero-order valence-electron chi connectivity index (χ0n) is 16.0. The van der Waals surface area contributed by atoms with Crippen LogP contribution in [0.4, 0.5) is 5.69 Å². The summed E-state index contributed by atoms with van der Waals surface area (Å²) in [4.78, 5) is 14.8. The van der Waals surface area contributed by atoms with Crippen molar-refractivity contribution in [1.29, 1.82) is 0 Å². The van der Waals surface area contributed by atoms with E-state index >= 15 is 0 Å². The van der Waals surface area contributed by atoms with Gasteiger partial charge in [0.2, 0.25) is 5.91 Å². The van der Waals surface area contributed by atoms with Crippen LogP contribution in [0.2, 0.25) is 0 Å². The number of carbonyl (C=O) groups is 1. The average molecular weight is 348 g/mol. The normalized spacial score (nSPS) is 25.2. The van der Waals surface area contributed by atoms with Crippen LogP contribution in [-0.2, 0) is 9.53 Å². The monoisotopic (exact) mass is 348 g/mol. The second kappa shape index (κ2) is 7.46. The smallest absolute Gasteiger partial charge is 0.238 e. The van der Waals surface area contributed by atoms with Gasteiger partial charge in [0.1, 0.15) is 0 Å². The van der Waals surface area contributed by atoms with Crippen molar-refractivity contribution in [2.75, 3.05) is 25.5 Å². The van der Waals surface area contributed by atoms with E-state index in [0.29, 0.717) is 18.7 Å². The van der Waals surface area contributed by atoms with Crippen molar-refractivity contribution in [2.45, 2.75) is 71.4 Å². The lowest BCUT2D eigenvalue weighted by atomic mass is 9.54. The number of nitrogens with zero attached hydrogens (tertiary/aromatic N) is 2. The zero-order chi connectivity index (χ0) is 18.0. The van der Waals surface area contributed by atoms with Crippen LogP contribution in [-0.4, -0.2) is 53.3 Å². The summed E-state index contributed by atoms with van der Waals surface area (Å²) in [6, 6.07) is 0.446. The van der Waals surface area contributed by atoms with Gasteiger partial charge in [0, 0.05) is 18.1 Å². The molecule has 0 aromatic carbocycles. The van der Waals surface area contributed by atoms with Crippen molar-refractivity contribution in [3.8, 4) is 0 Å². The third kappa shape index (κ3) is 3.47. The summed E-state index contributed by atoms with van der Waals surface area (Å²) in [6.45, 7) is 7.10. The van der Waals surface area contributed by atoms with Crippen LogP contribution in [0.1, 0.15) is 56.8 Å². The molecule has 2 N–H and O–H groups in total. The predicted molar refractivity (Wildman–Crippen MR) is 98.7 cm³/mol. The van der Waals surface area contributed by atoms with Crippen LogP contribution in [0.3, 0.4) is 0 Å². The maximum atomic E-state index is 12.5. The van der Waals surface area contributed by atoms with Crippen LogP contribution in [0.25, 0.3) is 0 Å². The molecular formula is C19H32N4O2. The number of aromatic nitrogens is 2. The van der Waals surface area contributed by atoms with Crippen LogP contribution < -0.4 is 5.32 Å². The van der Waals surface area contributed by atoms with Gasteiger partial charge in [-0.15, -0.1) is 0 Å². The van der Waals surface area contributed by atoms with Gasteiger partial charge in [-0.1, -0.05) is 19.3 Å². The fourth-order valence-electron chi connectivity index (χ4n) is 4.90. The molecule has 140 valence electrons. The van der Waals surface area contributed by atoms with Crippen molar-refractivity contribution in [3.63, 3.8) is 0 Å². The minimum atomic E-state index is 0.0286. The van der Waals surface area contributed by atoms with Gasteiger partial charge in [-0.05, 0) is 47.1 Å². The summed E-state index contributed by atoms with van der Waals surface area (Å²) in [5.41, 5.74) is 2.80. The van der Waals surface area contributed by atoms with E-state index in [2.05, 4.69) is 34.4 Å². The van der Waals surface area contributed by atoms with Gasteiger partial charge in [0.25, 0.3) is 0 Å². The first-order chi connectivity index (χ1) is 12.0. The standard InChI is InChI=1S/C19H32N4O2/c1-5-25-16-11-15(19(16)9-7-6-8-10-19)23(4)12-17(24)20-18-13(2)21-22-14(18)3/h15-16H,5-12H2,1-4H3,(H,20,24)(H,21,22)/t15-,16+/m1/s1. The van der Waals surface area contributed by atoms with Gasteiger partial charge in [0.05, 0.1) is 29.7 Å². The number of anilines is 1. The van der Waals surface area contributed by atoms with Crippen molar-refractivity contribution in [3.05, 3.63) is 11.4 Å². The third-order valence-electron chi connectivity index (χ3n) is 6.21. The predicted octanol–water partition coefficient (Wildman–Crippen LogP) is 3.02. The highest BCUT2D eigenvalue weighted by Gasteiger charge is 2.56. The maximum absolute atomic E-state index is 12.5. The molecule has 0 aliphatic heterocycles. The zero-order valence-corrected chi connectivity index (χ0v) is 16.0. The lowest BCUT2D eigenvalue weighted by Gasteiger charge is -2.60. The minimum Gasteiger partial charge on any atom is -0.378 e. The number of carbonyl (C=O) groups excluding carboxylic acids is 1. The van der Waals surface area contributed by atoms with E-state index in [1.807, 2.05) is 13.8 Å². The quantitative estimate of drug-likeness (QED) is 0.829. The molecule has 1 aromatic heterocycles. The molecule has 6 heteroatoms. The van der Waals surface area contributed by atoms with Gasteiger partial charge < -0.3 is 10.1 Å². The number of H-pyrrole nitrogens is 1. The third-order valence-corrected chi connectivity index (χ3v) is 6.21. The molecule has 1 amide bonds. The Kier molecular flexibility index (Phi) is 5.49. The number of aromatic amines is 1. The Balaban J connectivity index is 1.62. The van der Waals surface area contributed by atoms with Crippen molar-refractivity contribution < 1.29 is 9.53 Å². The molecule has 2 fully saturated rings. The molecular weight excluding hydrogens is 316 g/mol. The molecule has 0 saturated heterocycles. The highest BCUT2D eigenvalue weighted by molar-refractivity contribution is 5.93. The Hall–Kier alpha value is -1.40. The maximum Gasteiger partial charge on any atom is 0.238 e. The molecule has 2 aliphatic rings. The Morgan fingerprint density at radius 2 is 2.08 bits per heavy atom. The number of hydrogen-bond donors (Lipinski definition) is 2. The van der Waals surface area contributed by atoms with Crippen molar-refractivity contribution >= 4 is 11.6 Å². The van der Waals surface area contributed by atoms with E-state index in [-0.39, 0.29) is 11.3 Å². The molecule has 1 aromatic rings. The Morgan fingerprint density at radius 3 is 2.68 bits per heavy atom. The molecule has 2 saturated carbocycles. The van der Waals surface area contributed by atoms with E-state index in [4.69, 9.17) is 4.74 Å². The van der Waals surface area contributed by atoms with Crippen LogP contribution in [0.15, 0.2) is 0 Å².